The Morgan fingerprint density at radius 2 is 2.00 bits per heavy atom. The van der Waals surface area contributed by atoms with Gasteiger partial charge in [0, 0.05) is 31.6 Å². The van der Waals surface area contributed by atoms with Crippen molar-refractivity contribution in [2.24, 2.45) is 12.0 Å². The van der Waals surface area contributed by atoms with Crippen molar-refractivity contribution < 1.29 is 0 Å². The summed E-state index contributed by atoms with van der Waals surface area (Å²) >= 11 is 0. The Labute approximate surface area is 180 Å². The molecule has 1 saturated heterocycles. The van der Waals surface area contributed by atoms with Crippen molar-refractivity contribution in [3.05, 3.63) is 47.5 Å². The smallest absolute Gasteiger partial charge is 0.191 e. The van der Waals surface area contributed by atoms with Gasteiger partial charge in [-0.05, 0) is 51.3 Å². The third-order valence-corrected chi connectivity index (χ3v) is 6.81. The van der Waals surface area contributed by atoms with E-state index in [0.717, 1.165) is 37.2 Å². The number of rotatable bonds is 8. The van der Waals surface area contributed by atoms with E-state index in [2.05, 4.69) is 63.0 Å². The van der Waals surface area contributed by atoms with Crippen LogP contribution in [0.2, 0.25) is 0 Å². The number of benzene rings is 1. The molecule has 4 rings (SSSR count). The van der Waals surface area contributed by atoms with Crippen molar-refractivity contribution in [1.29, 1.82) is 0 Å². The van der Waals surface area contributed by atoms with Gasteiger partial charge in [-0.15, -0.1) is 10.2 Å². The summed E-state index contributed by atoms with van der Waals surface area (Å²) in [6.07, 6.45) is 5.00. The highest BCUT2D eigenvalue weighted by molar-refractivity contribution is 5.80. The molecular weight excluding hydrogens is 374 g/mol. The van der Waals surface area contributed by atoms with Crippen molar-refractivity contribution >= 4 is 5.96 Å². The first-order valence-electron chi connectivity index (χ1n) is 11.3. The summed E-state index contributed by atoms with van der Waals surface area (Å²) in [6, 6.07) is 11.4. The maximum atomic E-state index is 4.86. The highest BCUT2D eigenvalue weighted by atomic mass is 15.3. The van der Waals surface area contributed by atoms with E-state index in [9.17, 15) is 0 Å². The molecule has 1 aliphatic heterocycles. The Hall–Kier alpha value is -2.41. The summed E-state index contributed by atoms with van der Waals surface area (Å²) in [5, 5.41) is 15.7. The molecule has 30 heavy (non-hydrogen) atoms. The van der Waals surface area contributed by atoms with E-state index in [1.165, 1.54) is 37.8 Å². The van der Waals surface area contributed by atoms with Crippen molar-refractivity contribution in [2.45, 2.75) is 57.5 Å². The molecular formula is C23H35N7. The highest BCUT2D eigenvalue weighted by Crippen LogP contribution is 2.47. The molecule has 1 aromatic carbocycles. The van der Waals surface area contributed by atoms with E-state index < -0.39 is 0 Å². The molecule has 1 unspecified atom stereocenters. The lowest BCUT2D eigenvalue weighted by atomic mass is 9.96. The largest absolute Gasteiger partial charge is 0.356 e. The van der Waals surface area contributed by atoms with Crippen LogP contribution in [-0.2, 0) is 19.0 Å². The van der Waals surface area contributed by atoms with Crippen LogP contribution in [0.5, 0.6) is 0 Å². The zero-order chi connectivity index (χ0) is 21.0. The molecule has 2 N–H and O–H groups in total. The maximum absolute atomic E-state index is 4.86. The van der Waals surface area contributed by atoms with E-state index in [4.69, 9.17) is 4.99 Å². The third-order valence-electron chi connectivity index (χ3n) is 6.81. The normalized spacial score (nSPS) is 21.0. The lowest BCUT2D eigenvalue weighted by molar-refractivity contribution is 0.267. The van der Waals surface area contributed by atoms with Gasteiger partial charge in [-0.25, -0.2) is 4.99 Å². The molecule has 1 aromatic heterocycles. The van der Waals surface area contributed by atoms with Crippen molar-refractivity contribution in [3.63, 3.8) is 0 Å². The molecule has 162 valence electrons. The molecule has 2 heterocycles. The lowest BCUT2D eigenvalue weighted by Gasteiger charge is -2.25. The van der Waals surface area contributed by atoms with Gasteiger partial charge < -0.3 is 15.2 Å². The second-order valence-electron chi connectivity index (χ2n) is 8.69. The predicted octanol–water partition coefficient (Wildman–Crippen LogP) is 2.37. The molecule has 0 amide bonds. The second-order valence-corrected chi connectivity index (χ2v) is 8.69. The Morgan fingerprint density at radius 1 is 1.20 bits per heavy atom. The van der Waals surface area contributed by atoms with Crippen LogP contribution < -0.4 is 10.6 Å². The number of hydrogen-bond acceptors (Lipinski definition) is 4. The standard InChI is InChI=1S/C23H35N7/c1-4-30-14-8-11-20(30)15-24-22(25-16-21-28-27-18(2)29(21)3)26-17-23(12-13-23)19-9-6-5-7-10-19/h5-7,9-10,20H,4,8,11-17H2,1-3H3,(H2,24,25,26). The van der Waals surface area contributed by atoms with E-state index in [0.29, 0.717) is 12.6 Å². The molecule has 2 fully saturated rings. The number of aliphatic imine (C=N–C) groups is 1. The minimum Gasteiger partial charge on any atom is -0.356 e. The van der Waals surface area contributed by atoms with Gasteiger partial charge >= 0.3 is 0 Å². The molecule has 0 radical (unpaired) electrons. The molecule has 1 aliphatic carbocycles. The lowest BCUT2D eigenvalue weighted by Crippen LogP contribution is -2.46. The summed E-state index contributed by atoms with van der Waals surface area (Å²) in [6.45, 7) is 8.89. The van der Waals surface area contributed by atoms with Gasteiger partial charge in [-0.2, -0.15) is 0 Å². The molecule has 7 nitrogen and oxygen atoms in total. The number of hydrogen-bond donors (Lipinski definition) is 2. The third kappa shape index (κ3) is 4.67. The maximum Gasteiger partial charge on any atom is 0.191 e. The SMILES string of the molecule is CCN1CCCC1CNC(=NCc1nnc(C)n1C)NCC1(c2ccccc2)CC1. The van der Waals surface area contributed by atoms with Gasteiger partial charge in [-0.1, -0.05) is 37.3 Å². The molecule has 0 bridgehead atoms. The summed E-state index contributed by atoms with van der Waals surface area (Å²) in [4.78, 5) is 7.42. The minimum absolute atomic E-state index is 0.244. The van der Waals surface area contributed by atoms with Crippen molar-refractivity contribution in [2.75, 3.05) is 26.2 Å². The molecule has 1 saturated carbocycles. The Balaban J connectivity index is 1.42. The first-order chi connectivity index (χ1) is 14.6. The van der Waals surface area contributed by atoms with Crippen molar-refractivity contribution in [3.8, 4) is 0 Å². The van der Waals surface area contributed by atoms with Gasteiger partial charge in [0.25, 0.3) is 0 Å². The minimum atomic E-state index is 0.244. The van der Waals surface area contributed by atoms with Gasteiger partial charge in [-0.3, -0.25) is 4.90 Å². The summed E-state index contributed by atoms with van der Waals surface area (Å²) in [7, 11) is 1.99. The second kappa shape index (κ2) is 9.16. The zero-order valence-corrected chi connectivity index (χ0v) is 18.6. The number of likely N-dealkylation sites (tertiary alicyclic amines) is 1. The quantitative estimate of drug-likeness (QED) is 0.517. The van der Waals surface area contributed by atoms with Crippen LogP contribution in [0.25, 0.3) is 0 Å². The van der Waals surface area contributed by atoms with Gasteiger partial charge in [0.05, 0.1) is 0 Å². The number of likely N-dealkylation sites (N-methyl/N-ethyl adjacent to an activating group) is 1. The Bertz CT molecular complexity index is 854. The first-order valence-corrected chi connectivity index (χ1v) is 11.3. The first kappa shape index (κ1) is 20.8. The topological polar surface area (TPSA) is 70.4 Å². The van der Waals surface area contributed by atoms with E-state index in [1.54, 1.807) is 0 Å². The van der Waals surface area contributed by atoms with Crippen LogP contribution in [0.3, 0.4) is 0 Å². The van der Waals surface area contributed by atoms with Crippen LogP contribution >= 0.6 is 0 Å². The van der Waals surface area contributed by atoms with Gasteiger partial charge in [0.2, 0.25) is 0 Å². The van der Waals surface area contributed by atoms with Crippen molar-refractivity contribution in [1.82, 2.24) is 30.3 Å². The summed E-state index contributed by atoms with van der Waals surface area (Å²) in [5.41, 5.74) is 1.67. The number of aromatic nitrogens is 3. The van der Waals surface area contributed by atoms with E-state index in [1.807, 2.05) is 18.5 Å². The van der Waals surface area contributed by atoms with Crippen LogP contribution in [0.1, 0.15) is 49.8 Å². The average molecular weight is 410 g/mol. The fourth-order valence-corrected chi connectivity index (χ4v) is 4.43. The fraction of sp³-hybridized carbons (Fsp3) is 0.609. The fourth-order valence-electron chi connectivity index (χ4n) is 4.43. The molecule has 1 atom stereocenters. The Morgan fingerprint density at radius 3 is 2.67 bits per heavy atom. The number of nitrogens with one attached hydrogen (secondary N) is 2. The molecule has 0 spiro atoms. The molecule has 2 aliphatic rings. The predicted molar refractivity (Wildman–Crippen MR) is 121 cm³/mol. The van der Waals surface area contributed by atoms with Crippen LogP contribution in [0.4, 0.5) is 0 Å². The Kier molecular flexibility index (Phi) is 6.37. The van der Waals surface area contributed by atoms with Crippen LogP contribution in [0.15, 0.2) is 35.3 Å². The van der Waals surface area contributed by atoms with Crippen LogP contribution in [0, 0.1) is 6.92 Å². The monoisotopic (exact) mass is 409 g/mol. The number of aryl methyl sites for hydroxylation is 1. The van der Waals surface area contributed by atoms with Gasteiger partial charge in [0.1, 0.15) is 12.4 Å². The number of guanidine groups is 1. The number of nitrogens with zero attached hydrogens (tertiary/aromatic N) is 5. The summed E-state index contributed by atoms with van der Waals surface area (Å²) < 4.78 is 2.00. The average Bonchev–Trinajstić information content (AvgIpc) is 3.32. The van der Waals surface area contributed by atoms with Crippen LogP contribution in [-0.4, -0.2) is 57.8 Å². The molecule has 2 aromatic rings. The van der Waals surface area contributed by atoms with Gasteiger partial charge in [0.15, 0.2) is 11.8 Å². The zero-order valence-electron chi connectivity index (χ0n) is 18.6. The molecule has 7 heteroatoms. The highest BCUT2D eigenvalue weighted by Gasteiger charge is 2.44. The van der Waals surface area contributed by atoms with E-state index >= 15 is 0 Å². The van der Waals surface area contributed by atoms with E-state index in [-0.39, 0.29) is 5.41 Å². The summed E-state index contributed by atoms with van der Waals surface area (Å²) in [5.74, 6) is 2.67.